The lowest BCUT2D eigenvalue weighted by Gasteiger charge is -2.33. The van der Waals surface area contributed by atoms with Gasteiger partial charge in [0.05, 0.1) is 25.5 Å². The summed E-state index contributed by atoms with van der Waals surface area (Å²) in [4.78, 5) is 2.18. The third kappa shape index (κ3) is 3.58. The summed E-state index contributed by atoms with van der Waals surface area (Å²) < 4.78 is 38.4. The van der Waals surface area contributed by atoms with E-state index in [2.05, 4.69) is 9.62 Å². The Labute approximate surface area is 133 Å². The van der Waals surface area contributed by atoms with E-state index in [9.17, 15) is 8.42 Å². The van der Waals surface area contributed by atoms with Crippen LogP contribution in [0, 0.1) is 0 Å². The first-order valence-electron chi connectivity index (χ1n) is 7.05. The van der Waals surface area contributed by atoms with E-state index in [-0.39, 0.29) is 12.6 Å². The number of morpholine rings is 1. The SMILES string of the molecule is O=S(=O)(NCC(c1ccco1)N1CCOCC1)c1cccs1. The molecular weight excluding hydrogens is 324 g/mol. The van der Waals surface area contributed by atoms with Gasteiger partial charge in [0.25, 0.3) is 0 Å². The van der Waals surface area contributed by atoms with Gasteiger partial charge in [-0.25, -0.2) is 13.1 Å². The minimum atomic E-state index is -3.47. The number of sulfonamides is 1. The number of nitrogens with zero attached hydrogens (tertiary/aromatic N) is 1. The predicted octanol–water partition coefficient (Wildman–Crippen LogP) is 1.69. The van der Waals surface area contributed by atoms with Crippen LogP contribution in [0.25, 0.3) is 0 Å². The Balaban J connectivity index is 1.73. The van der Waals surface area contributed by atoms with Crippen molar-refractivity contribution in [3.8, 4) is 0 Å². The zero-order valence-electron chi connectivity index (χ0n) is 12.0. The van der Waals surface area contributed by atoms with Crippen LogP contribution < -0.4 is 4.72 Å². The first kappa shape index (κ1) is 15.7. The molecule has 1 unspecified atom stereocenters. The van der Waals surface area contributed by atoms with E-state index in [0.717, 1.165) is 18.8 Å². The highest BCUT2D eigenvalue weighted by atomic mass is 32.2. The minimum Gasteiger partial charge on any atom is -0.468 e. The molecule has 0 amide bonds. The minimum absolute atomic E-state index is 0.131. The number of hydrogen-bond donors (Lipinski definition) is 1. The Morgan fingerprint density at radius 2 is 2.09 bits per heavy atom. The molecule has 0 saturated carbocycles. The van der Waals surface area contributed by atoms with Crippen LogP contribution >= 0.6 is 11.3 Å². The summed E-state index contributed by atoms with van der Waals surface area (Å²) in [5.41, 5.74) is 0. The second-order valence-electron chi connectivity index (χ2n) is 4.96. The quantitative estimate of drug-likeness (QED) is 0.865. The Morgan fingerprint density at radius 3 is 2.73 bits per heavy atom. The molecule has 3 rings (SSSR count). The molecule has 22 heavy (non-hydrogen) atoms. The Kier molecular flexibility index (Phi) is 4.94. The van der Waals surface area contributed by atoms with Gasteiger partial charge in [-0.15, -0.1) is 11.3 Å². The number of nitrogens with one attached hydrogen (secondary N) is 1. The highest BCUT2D eigenvalue weighted by molar-refractivity contribution is 7.91. The largest absolute Gasteiger partial charge is 0.468 e. The van der Waals surface area contributed by atoms with Crippen LogP contribution in [0.1, 0.15) is 11.8 Å². The van der Waals surface area contributed by atoms with Crippen molar-refractivity contribution in [2.75, 3.05) is 32.8 Å². The molecule has 1 N–H and O–H groups in total. The van der Waals surface area contributed by atoms with E-state index in [1.165, 1.54) is 11.3 Å². The second-order valence-corrected chi connectivity index (χ2v) is 7.91. The fraction of sp³-hybridized carbons (Fsp3) is 0.429. The maximum absolute atomic E-state index is 12.3. The molecule has 1 fully saturated rings. The highest BCUT2D eigenvalue weighted by Gasteiger charge is 2.27. The molecule has 3 heterocycles. The van der Waals surface area contributed by atoms with E-state index in [4.69, 9.17) is 9.15 Å². The van der Waals surface area contributed by atoms with Gasteiger partial charge in [-0.1, -0.05) is 6.07 Å². The Hall–Kier alpha value is -1.19. The summed E-state index contributed by atoms with van der Waals surface area (Å²) in [5, 5.41) is 1.75. The molecule has 2 aromatic rings. The van der Waals surface area contributed by atoms with Gasteiger partial charge in [-0.2, -0.15) is 0 Å². The molecule has 120 valence electrons. The fourth-order valence-corrected chi connectivity index (χ4v) is 4.53. The van der Waals surface area contributed by atoms with Crippen molar-refractivity contribution in [2.45, 2.75) is 10.3 Å². The van der Waals surface area contributed by atoms with Gasteiger partial charge >= 0.3 is 0 Å². The molecule has 1 saturated heterocycles. The van der Waals surface area contributed by atoms with Crippen LogP contribution in [0.15, 0.2) is 44.5 Å². The summed E-state index contributed by atoms with van der Waals surface area (Å²) in [6, 6.07) is 6.89. The molecule has 0 bridgehead atoms. The van der Waals surface area contributed by atoms with Crippen molar-refractivity contribution in [1.29, 1.82) is 0 Å². The Bertz CT molecular complexity index is 662. The predicted molar refractivity (Wildman–Crippen MR) is 83.3 cm³/mol. The molecule has 1 aliphatic rings. The van der Waals surface area contributed by atoms with Crippen LogP contribution in [0.2, 0.25) is 0 Å². The molecule has 0 aromatic carbocycles. The lowest BCUT2D eigenvalue weighted by molar-refractivity contribution is 0.0128. The summed E-state index contributed by atoms with van der Waals surface area (Å²) in [7, 11) is -3.47. The number of ether oxygens (including phenoxy) is 1. The van der Waals surface area contributed by atoms with Crippen molar-refractivity contribution in [1.82, 2.24) is 9.62 Å². The van der Waals surface area contributed by atoms with Gasteiger partial charge in [-0.3, -0.25) is 4.90 Å². The average molecular weight is 342 g/mol. The number of furan rings is 1. The average Bonchev–Trinajstić information content (AvgIpc) is 3.22. The van der Waals surface area contributed by atoms with Gasteiger partial charge in [0, 0.05) is 19.6 Å². The highest BCUT2D eigenvalue weighted by Crippen LogP contribution is 2.23. The molecule has 0 radical (unpaired) electrons. The van der Waals surface area contributed by atoms with Crippen molar-refractivity contribution in [2.24, 2.45) is 0 Å². The summed E-state index contributed by atoms with van der Waals surface area (Å²) in [5.74, 6) is 0.760. The van der Waals surface area contributed by atoms with Crippen molar-refractivity contribution >= 4 is 21.4 Å². The van der Waals surface area contributed by atoms with Crippen LogP contribution in [-0.4, -0.2) is 46.2 Å². The first-order valence-corrected chi connectivity index (χ1v) is 9.41. The van der Waals surface area contributed by atoms with Gasteiger partial charge in [0.15, 0.2) is 0 Å². The zero-order valence-corrected chi connectivity index (χ0v) is 13.6. The van der Waals surface area contributed by atoms with Gasteiger partial charge in [0.1, 0.15) is 9.97 Å². The lowest BCUT2D eigenvalue weighted by Crippen LogP contribution is -2.43. The van der Waals surface area contributed by atoms with Crippen molar-refractivity contribution in [3.63, 3.8) is 0 Å². The smallest absolute Gasteiger partial charge is 0.250 e. The van der Waals surface area contributed by atoms with Crippen LogP contribution in [0.5, 0.6) is 0 Å². The van der Waals surface area contributed by atoms with Gasteiger partial charge in [0.2, 0.25) is 10.0 Å². The molecule has 1 atom stereocenters. The number of rotatable bonds is 6. The standard InChI is InChI=1S/C14H18N2O4S2/c17-22(18,14-4-2-10-21-14)15-11-12(13-3-1-7-20-13)16-5-8-19-9-6-16/h1-4,7,10,12,15H,5-6,8-9,11H2. The molecular formula is C14H18N2O4S2. The molecule has 0 spiro atoms. The van der Waals surface area contributed by atoms with Crippen LogP contribution in [0.3, 0.4) is 0 Å². The second kappa shape index (κ2) is 6.93. The van der Waals surface area contributed by atoms with Crippen LogP contribution in [-0.2, 0) is 14.8 Å². The number of thiophene rings is 1. The van der Waals surface area contributed by atoms with E-state index < -0.39 is 10.0 Å². The molecule has 0 aliphatic carbocycles. The lowest BCUT2D eigenvalue weighted by atomic mass is 10.2. The van der Waals surface area contributed by atoms with E-state index in [1.54, 1.807) is 23.8 Å². The van der Waals surface area contributed by atoms with E-state index in [0.29, 0.717) is 17.4 Å². The monoisotopic (exact) mass is 342 g/mol. The summed E-state index contributed by atoms with van der Waals surface area (Å²) in [6.45, 7) is 3.08. The van der Waals surface area contributed by atoms with Gasteiger partial charge < -0.3 is 9.15 Å². The normalized spacial score (nSPS) is 18.4. The van der Waals surface area contributed by atoms with Gasteiger partial charge in [-0.05, 0) is 23.6 Å². The van der Waals surface area contributed by atoms with Crippen molar-refractivity contribution < 1.29 is 17.6 Å². The molecule has 8 heteroatoms. The van der Waals surface area contributed by atoms with E-state index in [1.807, 2.05) is 12.1 Å². The fourth-order valence-electron chi connectivity index (χ4n) is 2.46. The number of hydrogen-bond acceptors (Lipinski definition) is 6. The molecule has 2 aromatic heterocycles. The molecule has 6 nitrogen and oxygen atoms in total. The first-order chi connectivity index (χ1) is 10.7. The zero-order chi connectivity index (χ0) is 15.4. The summed E-state index contributed by atoms with van der Waals surface area (Å²) >= 11 is 1.21. The third-order valence-corrected chi connectivity index (χ3v) is 6.41. The topological polar surface area (TPSA) is 71.8 Å². The Morgan fingerprint density at radius 1 is 1.27 bits per heavy atom. The molecule has 1 aliphatic heterocycles. The maximum atomic E-state index is 12.3. The van der Waals surface area contributed by atoms with Crippen LogP contribution in [0.4, 0.5) is 0 Å². The summed E-state index contributed by atoms with van der Waals surface area (Å²) in [6.07, 6.45) is 1.61. The van der Waals surface area contributed by atoms with E-state index >= 15 is 0 Å². The van der Waals surface area contributed by atoms with Crippen molar-refractivity contribution in [3.05, 3.63) is 41.7 Å². The maximum Gasteiger partial charge on any atom is 0.250 e. The third-order valence-electron chi connectivity index (χ3n) is 3.58.